The monoisotopic (exact) mass is 1270 g/mol. The Bertz CT molecular complexity index is 6530. The van der Waals surface area contributed by atoms with Gasteiger partial charge in [0.15, 0.2) is 0 Å². The van der Waals surface area contributed by atoms with Crippen LogP contribution in [0.15, 0.2) is 364 Å². The molecule has 6 nitrogen and oxygen atoms in total. The Morgan fingerprint density at radius 2 is 0.490 bits per heavy atom. The molecule has 0 amide bonds. The number of hydrogen-bond acceptors (Lipinski definition) is 4. The summed E-state index contributed by atoms with van der Waals surface area (Å²) in [7, 11) is 0. The number of rotatable bonds is 9. The summed E-state index contributed by atoms with van der Waals surface area (Å²) in [5.74, 6) is 1.32. The third kappa shape index (κ3) is 10.3. The first-order chi connectivity index (χ1) is 49.5. The minimum atomic E-state index is 0.658. The fourth-order valence-electron chi connectivity index (χ4n) is 14.8. The smallest absolute Gasteiger partial charge is 0.235 e. The van der Waals surface area contributed by atoms with Gasteiger partial charge in [0, 0.05) is 43.4 Å². The van der Waals surface area contributed by atoms with Gasteiger partial charge in [-0.1, -0.05) is 303 Å². The number of para-hydroxylation sites is 2. The van der Waals surface area contributed by atoms with Crippen molar-refractivity contribution in [1.29, 1.82) is 0 Å². The average molecular weight is 1270 g/mol. The van der Waals surface area contributed by atoms with Crippen molar-refractivity contribution in [2.24, 2.45) is 0 Å². The molecule has 0 aliphatic carbocycles. The summed E-state index contributed by atoms with van der Waals surface area (Å²) in [5, 5.41) is 14.0. The number of hydrogen-bond donors (Lipinski definition) is 0. The summed E-state index contributed by atoms with van der Waals surface area (Å²) in [6.45, 7) is 0. The minimum absolute atomic E-state index is 0.658. The van der Waals surface area contributed by atoms with Gasteiger partial charge in [-0.25, -0.2) is 19.9 Å². The molecular formula is C94H60N6. The number of aromatic nitrogens is 6. The van der Waals surface area contributed by atoms with Crippen LogP contribution in [0.2, 0.25) is 0 Å². The van der Waals surface area contributed by atoms with Crippen molar-refractivity contribution in [2.75, 3.05) is 0 Å². The van der Waals surface area contributed by atoms with Crippen LogP contribution in [0.5, 0.6) is 0 Å². The van der Waals surface area contributed by atoms with Crippen molar-refractivity contribution in [1.82, 2.24) is 29.1 Å². The highest BCUT2D eigenvalue weighted by Gasteiger charge is 2.22. The SMILES string of the molecule is c1ccc(-c2ccc(-c3ccc4nc(-n5c6ccccc6c6cc7ccccc7cc65)nc(-c5ccc(-c6ccccc6)cc5)c4c3)cc2)cc1.c1ccc(-c2ccc(-c3ccc4nc(-n5c6ccccc6c6cc7ccccc7cc65)nc(-c5cccc6ccccc56)c4c3)cc2)cc1. The Morgan fingerprint density at radius 1 is 0.170 bits per heavy atom. The predicted molar refractivity (Wildman–Crippen MR) is 418 cm³/mol. The van der Waals surface area contributed by atoms with E-state index in [1.165, 1.54) is 87.2 Å². The average Bonchev–Trinajstić information content (AvgIpc) is 1.56. The van der Waals surface area contributed by atoms with E-state index in [1.54, 1.807) is 0 Å². The largest absolute Gasteiger partial charge is 0.278 e. The van der Waals surface area contributed by atoms with Crippen LogP contribution in [-0.4, -0.2) is 29.1 Å². The van der Waals surface area contributed by atoms with Gasteiger partial charge in [0.05, 0.1) is 44.5 Å². The lowest BCUT2D eigenvalue weighted by molar-refractivity contribution is 1.01. The standard InChI is InChI=1S/C48H31N3.C46H29N3/c1-3-11-32(12-4-1)34-19-21-36(22-20-34)40-27-28-44-43(30-40)47(37-25-23-35(24-26-37)33-13-5-2-6-14-33)50-48(49-44)51-45-18-10-9-17-41(45)42-29-38-15-7-8-16-39(38)31-46(42)51;1-2-11-30(12-3-1)31-21-23-32(24-22-31)36-25-26-42-41(28-36)45(39-19-10-16-33-13-6-7-17-37(33)39)48-46(47-42)49-43-20-9-8-18-38(43)40-27-34-14-4-5-15-35(34)29-44(40)49/h1-31H;1-29H. The number of benzene rings is 16. The Labute approximate surface area is 577 Å². The highest BCUT2D eigenvalue weighted by Crippen LogP contribution is 2.42. The molecule has 6 heteroatoms. The molecule has 0 saturated carbocycles. The van der Waals surface area contributed by atoms with Crippen LogP contribution < -0.4 is 0 Å². The molecule has 0 fully saturated rings. The molecule has 4 heterocycles. The fourth-order valence-corrected chi connectivity index (χ4v) is 14.8. The highest BCUT2D eigenvalue weighted by molar-refractivity contribution is 6.15. The molecule has 0 saturated heterocycles. The fraction of sp³-hybridized carbons (Fsp3) is 0. The highest BCUT2D eigenvalue weighted by atomic mass is 15.2. The molecule has 0 spiro atoms. The third-order valence-corrected chi connectivity index (χ3v) is 19.8. The molecule has 0 unspecified atom stereocenters. The molecule has 0 atom stereocenters. The van der Waals surface area contributed by atoms with Gasteiger partial charge in [-0.3, -0.25) is 9.13 Å². The molecule has 100 heavy (non-hydrogen) atoms. The Morgan fingerprint density at radius 3 is 0.940 bits per heavy atom. The second-order valence-electron chi connectivity index (χ2n) is 25.7. The zero-order chi connectivity index (χ0) is 66.0. The quantitative estimate of drug-likeness (QED) is 0.144. The summed E-state index contributed by atoms with van der Waals surface area (Å²) >= 11 is 0. The van der Waals surface area contributed by atoms with Crippen LogP contribution in [0.25, 0.3) is 188 Å². The Hall–Kier alpha value is -13.4. The van der Waals surface area contributed by atoms with Gasteiger partial charge in [-0.15, -0.1) is 0 Å². The molecule has 466 valence electrons. The van der Waals surface area contributed by atoms with Gasteiger partial charge in [0.25, 0.3) is 0 Å². The van der Waals surface area contributed by atoms with Crippen LogP contribution >= 0.6 is 0 Å². The molecule has 16 aromatic carbocycles. The first-order valence-electron chi connectivity index (χ1n) is 34.0. The molecule has 0 radical (unpaired) electrons. The van der Waals surface area contributed by atoms with Gasteiger partial charge >= 0.3 is 0 Å². The van der Waals surface area contributed by atoms with E-state index in [0.29, 0.717) is 11.9 Å². The second kappa shape index (κ2) is 24.3. The Kier molecular flexibility index (Phi) is 14.1. The summed E-state index contributed by atoms with van der Waals surface area (Å²) in [6, 6.07) is 129. The lowest BCUT2D eigenvalue weighted by atomic mass is 9.96. The summed E-state index contributed by atoms with van der Waals surface area (Å²) < 4.78 is 4.47. The van der Waals surface area contributed by atoms with Crippen LogP contribution in [0.1, 0.15) is 0 Å². The molecule has 4 aromatic heterocycles. The van der Waals surface area contributed by atoms with Gasteiger partial charge in [-0.05, 0) is 149 Å². The normalized spacial score (nSPS) is 11.6. The van der Waals surface area contributed by atoms with Crippen LogP contribution in [0, 0.1) is 0 Å². The minimum Gasteiger partial charge on any atom is -0.278 e. The Balaban J connectivity index is 0.000000139. The van der Waals surface area contributed by atoms with Gasteiger partial charge in [0.1, 0.15) is 0 Å². The molecule has 0 bridgehead atoms. The first-order valence-corrected chi connectivity index (χ1v) is 34.0. The van der Waals surface area contributed by atoms with E-state index in [1.807, 2.05) is 0 Å². The van der Waals surface area contributed by atoms with E-state index in [9.17, 15) is 0 Å². The van der Waals surface area contributed by atoms with Crippen LogP contribution in [0.4, 0.5) is 0 Å². The van der Waals surface area contributed by atoms with Crippen molar-refractivity contribution < 1.29 is 0 Å². The summed E-state index contributed by atoms with van der Waals surface area (Å²) in [6.07, 6.45) is 0. The van der Waals surface area contributed by atoms with Gasteiger partial charge in [0.2, 0.25) is 11.9 Å². The molecule has 20 rings (SSSR count). The zero-order valence-corrected chi connectivity index (χ0v) is 54.3. The maximum atomic E-state index is 5.48. The van der Waals surface area contributed by atoms with Gasteiger partial charge < -0.3 is 0 Å². The van der Waals surface area contributed by atoms with E-state index in [2.05, 4.69) is 373 Å². The molecule has 0 N–H and O–H groups in total. The third-order valence-electron chi connectivity index (χ3n) is 19.8. The number of fused-ring (bicyclic) bond motifs is 11. The number of nitrogens with zero attached hydrogens (tertiary/aromatic N) is 6. The van der Waals surface area contributed by atoms with Crippen molar-refractivity contribution in [2.45, 2.75) is 0 Å². The summed E-state index contributed by atoms with van der Waals surface area (Å²) in [5.41, 5.74) is 21.9. The molecule has 0 aliphatic heterocycles. The van der Waals surface area contributed by atoms with Crippen LogP contribution in [0.3, 0.4) is 0 Å². The molecule has 0 aliphatic rings. The van der Waals surface area contributed by atoms with E-state index >= 15 is 0 Å². The zero-order valence-electron chi connectivity index (χ0n) is 54.3. The lowest BCUT2D eigenvalue weighted by Gasteiger charge is -2.14. The van der Waals surface area contributed by atoms with E-state index in [-0.39, 0.29) is 0 Å². The molecule has 20 aromatic rings. The van der Waals surface area contributed by atoms with Crippen molar-refractivity contribution >= 4 is 97.7 Å². The second-order valence-corrected chi connectivity index (χ2v) is 25.7. The van der Waals surface area contributed by atoms with Crippen molar-refractivity contribution in [3.05, 3.63) is 364 Å². The maximum Gasteiger partial charge on any atom is 0.235 e. The maximum absolute atomic E-state index is 5.48. The first kappa shape index (κ1) is 58.0. The van der Waals surface area contributed by atoms with E-state index in [0.717, 1.165) is 88.6 Å². The van der Waals surface area contributed by atoms with Gasteiger partial charge in [-0.2, -0.15) is 0 Å². The van der Waals surface area contributed by atoms with E-state index in [4.69, 9.17) is 19.9 Å². The summed E-state index contributed by atoms with van der Waals surface area (Å²) in [4.78, 5) is 21.5. The van der Waals surface area contributed by atoms with E-state index < -0.39 is 0 Å². The van der Waals surface area contributed by atoms with Crippen LogP contribution in [-0.2, 0) is 0 Å². The molecular weight excluding hydrogens is 1210 g/mol. The van der Waals surface area contributed by atoms with Crippen molar-refractivity contribution in [3.8, 4) is 90.0 Å². The topological polar surface area (TPSA) is 61.4 Å². The van der Waals surface area contributed by atoms with Crippen molar-refractivity contribution in [3.63, 3.8) is 0 Å². The lowest BCUT2D eigenvalue weighted by Crippen LogP contribution is -2.04. The predicted octanol–water partition coefficient (Wildman–Crippen LogP) is 24.6.